The fraction of sp³-hybridized carbons (Fsp3) is 0.579. The molecule has 0 fully saturated rings. The van der Waals surface area contributed by atoms with Crippen LogP contribution in [-0.4, -0.2) is 17.9 Å². The maximum Gasteiger partial charge on any atom is 0.246 e. The topological polar surface area (TPSA) is 58.2 Å². The van der Waals surface area contributed by atoms with Gasteiger partial charge in [-0.3, -0.25) is 9.59 Å². The summed E-state index contributed by atoms with van der Waals surface area (Å²) >= 11 is 0. The van der Waals surface area contributed by atoms with Gasteiger partial charge in [0.25, 0.3) is 0 Å². The predicted molar refractivity (Wildman–Crippen MR) is 95.4 cm³/mol. The molecule has 0 aliphatic rings. The van der Waals surface area contributed by atoms with Gasteiger partial charge in [-0.25, -0.2) is 0 Å². The lowest BCUT2D eigenvalue weighted by atomic mass is 9.95. The van der Waals surface area contributed by atoms with Gasteiger partial charge < -0.3 is 10.6 Å². The number of hydrogen-bond donors (Lipinski definition) is 2. The van der Waals surface area contributed by atoms with E-state index in [-0.39, 0.29) is 11.8 Å². The summed E-state index contributed by atoms with van der Waals surface area (Å²) < 4.78 is 0. The van der Waals surface area contributed by atoms with Gasteiger partial charge in [-0.05, 0) is 37.5 Å². The minimum Gasteiger partial charge on any atom is -0.344 e. The van der Waals surface area contributed by atoms with Crippen LogP contribution in [0.25, 0.3) is 0 Å². The summed E-state index contributed by atoms with van der Waals surface area (Å²) in [5.41, 5.74) is 1.53. The van der Waals surface area contributed by atoms with Gasteiger partial charge in [0.1, 0.15) is 6.04 Å². The Kier molecular flexibility index (Phi) is 7.27. The SMILES string of the molecule is CCCCCc1ccc(NC(=O)C(C)NC(=O)C(C)(C)C)cc1. The molecule has 0 saturated carbocycles. The Labute approximate surface area is 140 Å². The zero-order valence-electron chi connectivity index (χ0n) is 15.0. The molecule has 0 saturated heterocycles. The summed E-state index contributed by atoms with van der Waals surface area (Å²) in [6.07, 6.45) is 4.72. The van der Waals surface area contributed by atoms with Crippen molar-refractivity contribution in [3.63, 3.8) is 0 Å². The Morgan fingerprint density at radius 2 is 1.70 bits per heavy atom. The lowest BCUT2D eigenvalue weighted by molar-refractivity contribution is -0.131. The quantitative estimate of drug-likeness (QED) is 0.749. The summed E-state index contributed by atoms with van der Waals surface area (Å²) in [4.78, 5) is 24.1. The fourth-order valence-electron chi connectivity index (χ4n) is 2.06. The number of rotatable bonds is 7. The van der Waals surface area contributed by atoms with Crippen LogP contribution in [0, 0.1) is 5.41 Å². The summed E-state index contributed by atoms with van der Waals surface area (Å²) in [7, 11) is 0. The highest BCUT2D eigenvalue weighted by molar-refractivity contribution is 5.97. The zero-order chi connectivity index (χ0) is 17.5. The molecular formula is C19H30N2O2. The van der Waals surface area contributed by atoms with E-state index in [1.165, 1.54) is 24.8 Å². The number of benzene rings is 1. The van der Waals surface area contributed by atoms with Crippen LogP contribution in [0.5, 0.6) is 0 Å². The molecule has 0 aromatic heterocycles. The van der Waals surface area contributed by atoms with Crippen LogP contribution in [0.2, 0.25) is 0 Å². The monoisotopic (exact) mass is 318 g/mol. The highest BCUT2D eigenvalue weighted by Gasteiger charge is 2.25. The fourth-order valence-corrected chi connectivity index (χ4v) is 2.06. The van der Waals surface area contributed by atoms with Crippen molar-refractivity contribution in [3.05, 3.63) is 29.8 Å². The van der Waals surface area contributed by atoms with Gasteiger partial charge in [0.2, 0.25) is 11.8 Å². The van der Waals surface area contributed by atoms with Crippen molar-refractivity contribution in [3.8, 4) is 0 Å². The van der Waals surface area contributed by atoms with Crippen molar-refractivity contribution in [1.82, 2.24) is 5.32 Å². The maximum absolute atomic E-state index is 12.1. The van der Waals surface area contributed by atoms with Crippen molar-refractivity contribution in [2.24, 2.45) is 5.41 Å². The number of amides is 2. The van der Waals surface area contributed by atoms with Crippen LogP contribution >= 0.6 is 0 Å². The Bertz CT molecular complexity index is 515. The first-order chi connectivity index (χ1) is 10.7. The van der Waals surface area contributed by atoms with Crippen LogP contribution in [0.3, 0.4) is 0 Å². The first kappa shape index (κ1) is 19.2. The number of hydrogen-bond acceptors (Lipinski definition) is 2. The molecule has 4 nitrogen and oxygen atoms in total. The largest absolute Gasteiger partial charge is 0.344 e. The van der Waals surface area contributed by atoms with Crippen LogP contribution in [0.15, 0.2) is 24.3 Å². The molecule has 0 aliphatic carbocycles. The van der Waals surface area contributed by atoms with E-state index in [9.17, 15) is 9.59 Å². The predicted octanol–water partition coefficient (Wildman–Crippen LogP) is 3.91. The second-order valence-corrected chi connectivity index (χ2v) is 7.09. The molecule has 4 heteroatoms. The molecular weight excluding hydrogens is 288 g/mol. The van der Waals surface area contributed by atoms with E-state index in [4.69, 9.17) is 0 Å². The number of carbonyl (C=O) groups excluding carboxylic acids is 2. The van der Waals surface area contributed by atoms with E-state index in [0.29, 0.717) is 0 Å². The van der Waals surface area contributed by atoms with E-state index >= 15 is 0 Å². The molecule has 1 rings (SSSR count). The second-order valence-electron chi connectivity index (χ2n) is 7.09. The number of nitrogens with one attached hydrogen (secondary N) is 2. The smallest absolute Gasteiger partial charge is 0.246 e. The highest BCUT2D eigenvalue weighted by atomic mass is 16.2. The first-order valence-electron chi connectivity index (χ1n) is 8.44. The van der Waals surface area contributed by atoms with Crippen molar-refractivity contribution in [2.75, 3.05) is 5.32 Å². The van der Waals surface area contributed by atoms with Gasteiger partial charge in [0, 0.05) is 11.1 Å². The van der Waals surface area contributed by atoms with Crippen molar-refractivity contribution < 1.29 is 9.59 Å². The molecule has 1 atom stereocenters. The number of unbranched alkanes of at least 4 members (excludes halogenated alkanes) is 2. The van der Waals surface area contributed by atoms with E-state index in [1.807, 2.05) is 45.0 Å². The summed E-state index contributed by atoms with van der Waals surface area (Å²) in [6.45, 7) is 9.36. The van der Waals surface area contributed by atoms with Gasteiger partial charge in [-0.2, -0.15) is 0 Å². The minimum absolute atomic E-state index is 0.133. The molecule has 1 aromatic rings. The van der Waals surface area contributed by atoms with E-state index in [0.717, 1.165) is 12.1 Å². The van der Waals surface area contributed by atoms with Gasteiger partial charge >= 0.3 is 0 Å². The van der Waals surface area contributed by atoms with Gasteiger partial charge in [0.15, 0.2) is 0 Å². The normalized spacial score (nSPS) is 12.6. The third kappa shape index (κ3) is 6.85. The molecule has 1 unspecified atom stereocenters. The van der Waals surface area contributed by atoms with Crippen molar-refractivity contribution in [2.45, 2.75) is 66.3 Å². The molecule has 0 spiro atoms. The Balaban J connectivity index is 2.52. The average molecular weight is 318 g/mol. The summed E-state index contributed by atoms with van der Waals surface area (Å²) in [5.74, 6) is -0.340. The molecule has 0 heterocycles. The lowest BCUT2D eigenvalue weighted by Crippen LogP contribution is -2.46. The van der Waals surface area contributed by atoms with Crippen molar-refractivity contribution in [1.29, 1.82) is 0 Å². The average Bonchev–Trinajstić information content (AvgIpc) is 2.48. The second kappa shape index (κ2) is 8.70. The number of anilines is 1. The molecule has 2 N–H and O–H groups in total. The van der Waals surface area contributed by atoms with Crippen LogP contribution < -0.4 is 10.6 Å². The molecule has 1 aromatic carbocycles. The zero-order valence-corrected chi connectivity index (χ0v) is 15.0. The maximum atomic E-state index is 12.1. The van der Waals surface area contributed by atoms with Crippen LogP contribution in [0.4, 0.5) is 5.69 Å². The number of carbonyl (C=O) groups is 2. The Hall–Kier alpha value is -1.84. The third-order valence-electron chi connectivity index (χ3n) is 3.71. The van der Waals surface area contributed by atoms with Crippen LogP contribution in [0.1, 0.15) is 59.4 Å². The standard InChI is InChI=1S/C19H30N2O2/c1-6-7-8-9-15-10-12-16(13-11-15)21-17(22)14(2)20-18(23)19(3,4)5/h10-14H,6-9H2,1-5H3,(H,20,23)(H,21,22). The highest BCUT2D eigenvalue weighted by Crippen LogP contribution is 2.14. The summed E-state index contributed by atoms with van der Waals surface area (Å²) in [5, 5.41) is 5.57. The molecule has 23 heavy (non-hydrogen) atoms. The van der Waals surface area contributed by atoms with Crippen LogP contribution in [-0.2, 0) is 16.0 Å². The van der Waals surface area contributed by atoms with E-state index < -0.39 is 11.5 Å². The molecule has 0 radical (unpaired) electrons. The van der Waals surface area contributed by atoms with Gasteiger partial charge in [0.05, 0.1) is 0 Å². The van der Waals surface area contributed by atoms with E-state index in [1.54, 1.807) is 6.92 Å². The molecule has 2 amide bonds. The Morgan fingerprint density at radius 1 is 1.09 bits per heavy atom. The van der Waals surface area contributed by atoms with Gasteiger partial charge in [-0.15, -0.1) is 0 Å². The lowest BCUT2D eigenvalue weighted by Gasteiger charge is -2.21. The third-order valence-corrected chi connectivity index (χ3v) is 3.71. The Morgan fingerprint density at radius 3 is 2.22 bits per heavy atom. The molecule has 0 aliphatic heterocycles. The molecule has 0 bridgehead atoms. The summed E-state index contributed by atoms with van der Waals surface area (Å²) in [6, 6.07) is 7.36. The number of aryl methyl sites for hydroxylation is 1. The van der Waals surface area contributed by atoms with Crippen molar-refractivity contribution >= 4 is 17.5 Å². The minimum atomic E-state index is -0.564. The van der Waals surface area contributed by atoms with E-state index in [2.05, 4.69) is 17.6 Å². The molecule has 128 valence electrons. The first-order valence-corrected chi connectivity index (χ1v) is 8.44. The van der Waals surface area contributed by atoms with Gasteiger partial charge in [-0.1, -0.05) is 52.7 Å².